The molecule has 0 spiro atoms. The van der Waals surface area contributed by atoms with Gasteiger partial charge in [0, 0.05) is 15.8 Å². The van der Waals surface area contributed by atoms with Gasteiger partial charge >= 0.3 is 0 Å². The monoisotopic (exact) mass is 432 g/mol. The van der Waals surface area contributed by atoms with E-state index in [4.69, 9.17) is 27.9 Å². The van der Waals surface area contributed by atoms with Crippen molar-refractivity contribution in [1.82, 2.24) is 9.61 Å². The van der Waals surface area contributed by atoms with Crippen LogP contribution in [-0.4, -0.2) is 9.61 Å². The van der Waals surface area contributed by atoms with Crippen LogP contribution < -0.4 is 4.74 Å². The van der Waals surface area contributed by atoms with Gasteiger partial charge in [0.25, 0.3) is 0 Å². The van der Waals surface area contributed by atoms with Gasteiger partial charge in [-0.1, -0.05) is 83.9 Å². The maximum absolute atomic E-state index is 6.78. The number of fused-ring (bicyclic) bond motifs is 3. The number of rotatable bonds is 4. The minimum Gasteiger partial charge on any atom is -0.485 e. The molecule has 5 aromatic rings. The highest BCUT2D eigenvalue weighted by Gasteiger charge is 2.20. The normalized spacial score (nSPS) is 11.3. The quantitative estimate of drug-likeness (QED) is 0.277. The highest BCUT2D eigenvalue weighted by atomic mass is 35.5. The van der Waals surface area contributed by atoms with Gasteiger partial charge in [-0.2, -0.15) is 5.10 Å². The second-order valence-corrected chi connectivity index (χ2v) is 8.02. The zero-order valence-electron chi connectivity index (χ0n) is 16.3. The molecule has 0 N–H and O–H groups in total. The van der Waals surface area contributed by atoms with Crippen molar-refractivity contribution >= 4 is 39.5 Å². The highest BCUT2D eigenvalue weighted by Crippen LogP contribution is 2.42. The fraction of sp³-hybridized carbons (Fsp3) is 0.0800. The van der Waals surface area contributed by atoms with Crippen LogP contribution in [0.25, 0.3) is 27.4 Å². The fourth-order valence-electron chi connectivity index (χ4n) is 3.85. The predicted octanol–water partition coefficient (Wildman–Crippen LogP) is 7.35. The first-order valence-corrected chi connectivity index (χ1v) is 10.4. The molecule has 0 saturated carbocycles. The van der Waals surface area contributed by atoms with Crippen LogP contribution in [0, 0.1) is 6.92 Å². The van der Waals surface area contributed by atoms with Crippen molar-refractivity contribution in [2.45, 2.75) is 13.5 Å². The fourth-order valence-corrected chi connectivity index (χ4v) is 4.32. The molecule has 0 fully saturated rings. The second kappa shape index (κ2) is 7.67. The maximum atomic E-state index is 6.78. The van der Waals surface area contributed by atoms with Crippen molar-refractivity contribution < 1.29 is 4.74 Å². The lowest BCUT2D eigenvalue weighted by Gasteiger charge is -2.16. The molecule has 0 aliphatic rings. The molecule has 5 rings (SSSR count). The third kappa shape index (κ3) is 3.20. The van der Waals surface area contributed by atoms with Crippen LogP contribution in [0.5, 0.6) is 5.75 Å². The molecule has 5 heteroatoms. The Balaban J connectivity index is 1.78. The Morgan fingerprint density at radius 1 is 0.933 bits per heavy atom. The summed E-state index contributed by atoms with van der Waals surface area (Å²) in [5.41, 5.74) is 5.19. The summed E-state index contributed by atoms with van der Waals surface area (Å²) in [6, 6.07) is 24.1. The summed E-state index contributed by atoms with van der Waals surface area (Å²) in [4.78, 5) is 0. The van der Waals surface area contributed by atoms with Crippen LogP contribution in [0.2, 0.25) is 10.2 Å². The Morgan fingerprint density at radius 2 is 1.73 bits per heavy atom. The summed E-state index contributed by atoms with van der Waals surface area (Å²) in [7, 11) is 0. The number of pyridine rings is 1. The summed E-state index contributed by atoms with van der Waals surface area (Å²) in [6.07, 6.45) is 1.83. The molecule has 3 aromatic carbocycles. The SMILES string of the molecule is Cc1cnn2c(Cl)c(OCc3ccccc3)c3cccc(-c4cccc(Cl)c4)c3c12. The van der Waals surface area contributed by atoms with Crippen LogP contribution in [0.1, 0.15) is 11.1 Å². The smallest absolute Gasteiger partial charge is 0.173 e. The lowest BCUT2D eigenvalue weighted by molar-refractivity contribution is 0.308. The number of halogens is 2. The molecule has 2 aromatic heterocycles. The highest BCUT2D eigenvalue weighted by molar-refractivity contribution is 6.33. The maximum Gasteiger partial charge on any atom is 0.173 e. The van der Waals surface area contributed by atoms with Crippen LogP contribution >= 0.6 is 23.2 Å². The molecule has 0 unspecified atom stereocenters. The van der Waals surface area contributed by atoms with Gasteiger partial charge in [-0.15, -0.1) is 0 Å². The van der Waals surface area contributed by atoms with Crippen molar-refractivity contribution in [3.8, 4) is 16.9 Å². The van der Waals surface area contributed by atoms with Gasteiger partial charge in [0.15, 0.2) is 10.9 Å². The number of nitrogens with zero attached hydrogens (tertiary/aromatic N) is 2. The van der Waals surface area contributed by atoms with Gasteiger partial charge in [0.05, 0.1) is 11.7 Å². The largest absolute Gasteiger partial charge is 0.485 e. The minimum atomic E-state index is 0.419. The van der Waals surface area contributed by atoms with Gasteiger partial charge in [-0.3, -0.25) is 0 Å². The Hall–Kier alpha value is -3.01. The van der Waals surface area contributed by atoms with Gasteiger partial charge in [-0.05, 0) is 41.3 Å². The Bertz CT molecular complexity index is 1380. The van der Waals surface area contributed by atoms with E-state index < -0.39 is 0 Å². The van der Waals surface area contributed by atoms with Crippen LogP contribution in [0.3, 0.4) is 0 Å². The van der Waals surface area contributed by atoms with E-state index in [0.29, 0.717) is 22.5 Å². The molecule has 2 heterocycles. The minimum absolute atomic E-state index is 0.419. The number of aryl methyl sites for hydroxylation is 1. The summed E-state index contributed by atoms with van der Waals surface area (Å²) in [5, 5.41) is 7.66. The molecule has 0 amide bonds. The summed E-state index contributed by atoms with van der Waals surface area (Å²) >= 11 is 13.1. The second-order valence-electron chi connectivity index (χ2n) is 7.22. The third-order valence-corrected chi connectivity index (χ3v) is 5.80. The lowest BCUT2D eigenvalue weighted by Crippen LogP contribution is -2.01. The molecule has 148 valence electrons. The first-order valence-electron chi connectivity index (χ1n) is 9.64. The van der Waals surface area contributed by atoms with E-state index in [1.54, 1.807) is 4.52 Å². The Labute approximate surface area is 184 Å². The molecule has 0 aliphatic carbocycles. The molecule has 0 bridgehead atoms. The molecular weight excluding hydrogens is 415 g/mol. The number of benzene rings is 3. The van der Waals surface area contributed by atoms with E-state index in [9.17, 15) is 0 Å². The van der Waals surface area contributed by atoms with Crippen LogP contribution in [-0.2, 0) is 6.61 Å². The molecule has 0 atom stereocenters. The summed E-state index contributed by atoms with van der Waals surface area (Å²) in [5.74, 6) is 0.620. The van der Waals surface area contributed by atoms with Crippen LogP contribution in [0.15, 0.2) is 79.0 Å². The Morgan fingerprint density at radius 3 is 2.53 bits per heavy atom. The standard InChI is InChI=1S/C25H18Cl2N2O/c1-16-14-28-29-23(16)22-20(18-9-5-10-19(26)13-18)11-6-12-21(22)24(25(29)27)30-15-17-7-3-2-4-8-17/h2-14H,15H2,1H3. The number of aromatic nitrogens is 2. The van der Waals surface area contributed by atoms with Crippen LogP contribution in [0.4, 0.5) is 0 Å². The number of ether oxygens (including phenoxy) is 1. The zero-order valence-corrected chi connectivity index (χ0v) is 17.8. The molecule has 3 nitrogen and oxygen atoms in total. The summed E-state index contributed by atoms with van der Waals surface area (Å²) in [6.45, 7) is 2.46. The molecule has 0 radical (unpaired) electrons. The summed E-state index contributed by atoms with van der Waals surface area (Å²) < 4.78 is 8.01. The van der Waals surface area contributed by atoms with Crippen molar-refractivity contribution in [1.29, 1.82) is 0 Å². The van der Waals surface area contributed by atoms with Crippen molar-refractivity contribution in [3.63, 3.8) is 0 Å². The van der Waals surface area contributed by atoms with E-state index in [-0.39, 0.29) is 0 Å². The number of hydrogen-bond acceptors (Lipinski definition) is 2. The van der Waals surface area contributed by atoms with Gasteiger partial charge < -0.3 is 4.74 Å². The predicted molar refractivity (Wildman–Crippen MR) is 124 cm³/mol. The van der Waals surface area contributed by atoms with Gasteiger partial charge in [0.2, 0.25) is 0 Å². The first kappa shape index (κ1) is 19.0. The molecular formula is C25H18Cl2N2O. The molecule has 0 aliphatic heterocycles. The Kier molecular flexibility index (Phi) is 4.86. The topological polar surface area (TPSA) is 26.5 Å². The van der Waals surface area contributed by atoms with E-state index in [0.717, 1.165) is 38.5 Å². The van der Waals surface area contributed by atoms with E-state index in [1.165, 1.54) is 0 Å². The van der Waals surface area contributed by atoms with E-state index in [2.05, 4.69) is 17.2 Å². The van der Waals surface area contributed by atoms with E-state index in [1.807, 2.05) is 73.8 Å². The average molecular weight is 433 g/mol. The zero-order chi connectivity index (χ0) is 20.7. The first-order chi connectivity index (χ1) is 14.6. The average Bonchev–Trinajstić information content (AvgIpc) is 3.16. The van der Waals surface area contributed by atoms with Crippen molar-refractivity contribution in [2.24, 2.45) is 0 Å². The lowest BCUT2D eigenvalue weighted by atomic mass is 9.97. The number of hydrogen-bond donors (Lipinski definition) is 0. The van der Waals surface area contributed by atoms with Crippen molar-refractivity contribution in [3.05, 3.63) is 100 Å². The van der Waals surface area contributed by atoms with Crippen molar-refractivity contribution in [2.75, 3.05) is 0 Å². The molecule has 0 saturated heterocycles. The van der Waals surface area contributed by atoms with Gasteiger partial charge in [-0.25, -0.2) is 4.52 Å². The van der Waals surface area contributed by atoms with Gasteiger partial charge in [0.1, 0.15) is 6.61 Å². The molecule has 30 heavy (non-hydrogen) atoms. The third-order valence-electron chi connectivity index (χ3n) is 5.23. The van der Waals surface area contributed by atoms with E-state index >= 15 is 0 Å².